The van der Waals surface area contributed by atoms with Gasteiger partial charge in [0, 0.05) is 29.9 Å². The lowest BCUT2D eigenvalue weighted by molar-refractivity contribution is 0.0689. The van der Waals surface area contributed by atoms with Gasteiger partial charge in [-0.05, 0) is 67.6 Å². The van der Waals surface area contributed by atoms with Crippen LogP contribution in [0.5, 0.6) is 17.4 Å². The first-order chi connectivity index (χ1) is 20.6. The molecule has 0 unspecified atom stereocenters. The Kier molecular flexibility index (Phi) is 8.43. The molecule has 1 fully saturated rings. The van der Waals surface area contributed by atoms with E-state index in [-0.39, 0.29) is 65.5 Å². The second-order valence-corrected chi connectivity index (χ2v) is 11.3. The lowest BCUT2D eigenvalue weighted by Gasteiger charge is -2.27. The number of sulfonamides is 1. The minimum atomic E-state index is -4.20. The lowest BCUT2D eigenvalue weighted by Crippen LogP contribution is -2.40. The van der Waals surface area contributed by atoms with Crippen molar-refractivity contribution in [2.24, 2.45) is 0 Å². The molecule has 12 nitrogen and oxygen atoms in total. The summed E-state index contributed by atoms with van der Waals surface area (Å²) in [6.45, 7) is 2.01. The molecule has 0 spiro atoms. The maximum absolute atomic E-state index is 14.1. The van der Waals surface area contributed by atoms with Gasteiger partial charge in [0.1, 0.15) is 22.2 Å². The van der Waals surface area contributed by atoms with Crippen LogP contribution in [0.4, 0.5) is 10.1 Å². The number of rotatable bonds is 9. The first-order valence-corrected chi connectivity index (χ1v) is 14.5. The number of carbonyl (C=O) groups excluding carboxylic acids is 1. The highest BCUT2D eigenvalue weighted by Crippen LogP contribution is 2.37. The molecular formula is C29H27FN4O8S. The Hall–Kier alpha value is -4.79. The lowest BCUT2D eigenvalue weighted by atomic mass is 10.2. The van der Waals surface area contributed by atoms with Crippen LogP contribution >= 0.6 is 0 Å². The second-order valence-electron chi connectivity index (χ2n) is 9.44. The van der Waals surface area contributed by atoms with Crippen LogP contribution < -0.4 is 14.8 Å². The molecule has 1 aliphatic rings. The van der Waals surface area contributed by atoms with Crippen molar-refractivity contribution < 1.29 is 41.7 Å². The van der Waals surface area contributed by atoms with Gasteiger partial charge in [-0.3, -0.25) is 4.79 Å². The Balaban J connectivity index is 1.58. The monoisotopic (exact) mass is 610 g/mol. The van der Waals surface area contributed by atoms with E-state index in [1.807, 2.05) is 0 Å². The zero-order valence-electron chi connectivity index (χ0n) is 23.1. The number of benzene rings is 3. The van der Waals surface area contributed by atoms with Gasteiger partial charge in [0.05, 0.1) is 26.0 Å². The first kappa shape index (κ1) is 29.7. The molecule has 1 aliphatic heterocycles. The Morgan fingerprint density at radius 1 is 1.05 bits per heavy atom. The summed E-state index contributed by atoms with van der Waals surface area (Å²) in [5, 5.41) is 16.5. The number of methoxy groups -OCH3 is 1. The topological polar surface area (TPSA) is 149 Å². The van der Waals surface area contributed by atoms with Gasteiger partial charge in [-0.15, -0.1) is 0 Å². The zero-order valence-corrected chi connectivity index (χ0v) is 23.9. The molecule has 2 N–H and O–H groups in total. The zero-order chi connectivity index (χ0) is 30.7. The molecule has 5 rings (SSSR count). The first-order valence-electron chi connectivity index (χ1n) is 13.0. The minimum absolute atomic E-state index is 0.0865. The molecule has 1 amide bonds. The predicted octanol–water partition coefficient (Wildman–Crippen LogP) is 4.09. The molecule has 224 valence electrons. The van der Waals surface area contributed by atoms with Crippen molar-refractivity contribution in [2.75, 3.05) is 38.7 Å². The summed E-state index contributed by atoms with van der Waals surface area (Å²) in [7, 11) is -2.69. The standard InChI is InChI=1S/C29H27FN4O8S/c1-18-26(29(36)37)32-34(22-5-3-4-20(30)16-22)28(18)42-24-11-8-21(31-27(35)19-6-9-23(40-2)10-7-19)17-25(24)43(38,39)33-12-14-41-15-13-33/h3-11,16-17H,12-15H2,1-2H3,(H,31,35)(H,36,37). The fourth-order valence-corrected chi connectivity index (χ4v) is 5.98. The van der Waals surface area contributed by atoms with Crippen LogP contribution in [0.25, 0.3) is 5.69 Å². The maximum Gasteiger partial charge on any atom is 0.356 e. The highest BCUT2D eigenvalue weighted by atomic mass is 32.2. The molecule has 1 aromatic heterocycles. The second kappa shape index (κ2) is 12.2. The summed E-state index contributed by atoms with van der Waals surface area (Å²) in [5.41, 5.74) is 0.367. The molecule has 0 bridgehead atoms. The Morgan fingerprint density at radius 2 is 1.77 bits per heavy atom. The van der Waals surface area contributed by atoms with Crippen LogP contribution in [0.2, 0.25) is 0 Å². The molecule has 2 heterocycles. The normalized spacial score (nSPS) is 13.8. The van der Waals surface area contributed by atoms with Gasteiger partial charge in [-0.2, -0.15) is 14.1 Å². The van der Waals surface area contributed by atoms with Crippen LogP contribution in [0, 0.1) is 12.7 Å². The number of carboxylic acids is 1. The number of carboxylic acid groups (broad SMARTS) is 1. The van der Waals surface area contributed by atoms with E-state index in [0.717, 1.165) is 10.7 Å². The third kappa shape index (κ3) is 6.21. The third-order valence-electron chi connectivity index (χ3n) is 6.67. The largest absolute Gasteiger partial charge is 0.497 e. The molecule has 0 aliphatic carbocycles. The average Bonchev–Trinajstić information content (AvgIpc) is 3.34. The van der Waals surface area contributed by atoms with Gasteiger partial charge in [-0.25, -0.2) is 17.6 Å². The Bertz CT molecular complexity index is 1780. The van der Waals surface area contributed by atoms with E-state index in [0.29, 0.717) is 11.3 Å². The van der Waals surface area contributed by atoms with Crippen LogP contribution in [0.3, 0.4) is 0 Å². The van der Waals surface area contributed by atoms with Gasteiger partial charge in [0.25, 0.3) is 5.91 Å². The molecule has 0 saturated carbocycles. The quantitative estimate of drug-likeness (QED) is 0.286. The fourth-order valence-electron chi connectivity index (χ4n) is 4.43. The van der Waals surface area contributed by atoms with Crippen molar-refractivity contribution in [3.8, 4) is 23.1 Å². The van der Waals surface area contributed by atoms with Crippen LogP contribution in [-0.4, -0.2) is 72.9 Å². The highest BCUT2D eigenvalue weighted by molar-refractivity contribution is 7.89. The number of aromatic carboxylic acids is 1. The Labute approximate surface area is 246 Å². The van der Waals surface area contributed by atoms with Gasteiger partial charge < -0.3 is 24.6 Å². The number of nitrogens with zero attached hydrogens (tertiary/aromatic N) is 3. The van der Waals surface area contributed by atoms with E-state index in [4.69, 9.17) is 14.2 Å². The van der Waals surface area contributed by atoms with Gasteiger partial charge >= 0.3 is 5.97 Å². The minimum Gasteiger partial charge on any atom is -0.497 e. The summed E-state index contributed by atoms with van der Waals surface area (Å²) in [5.74, 6) is -2.16. The number of morpholine rings is 1. The summed E-state index contributed by atoms with van der Waals surface area (Å²) in [6.07, 6.45) is 0. The summed E-state index contributed by atoms with van der Waals surface area (Å²) >= 11 is 0. The van der Waals surface area contributed by atoms with Crippen LogP contribution in [0.1, 0.15) is 26.4 Å². The SMILES string of the molecule is COc1ccc(C(=O)Nc2ccc(Oc3c(C)c(C(=O)O)nn3-c3cccc(F)c3)c(S(=O)(=O)N3CCOCC3)c2)cc1. The number of amides is 1. The number of carbonyl (C=O) groups is 2. The van der Waals surface area contributed by atoms with Crippen LogP contribution in [-0.2, 0) is 14.8 Å². The summed E-state index contributed by atoms with van der Waals surface area (Å²) in [4.78, 5) is 24.6. The molecule has 3 aromatic carbocycles. The number of halogens is 1. The maximum atomic E-state index is 14.1. The molecular weight excluding hydrogens is 583 g/mol. The van der Waals surface area contributed by atoms with Crippen molar-refractivity contribution in [3.63, 3.8) is 0 Å². The summed E-state index contributed by atoms with van der Waals surface area (Å²) in [6, 6.07) is 15.7. The molecule has 0 radical (unpaired) electrons. The van der Waals surface area contributed by atoms with Crippen molar-refractivity contribution in [2.45, 2.75) is 11.8 Å². The number of hydrogen-bond donors (Lipinski definition) is 2. The molecule has 14 heteroatoms. The van der Waals surface area contributed by atoms with Crippen LogP contribution in [0.15, 0.2) is 71.6 Å². The van der Waals surface area contributed by atoms with E-state index >= 15 is 0 Å². The van der Waals surface area contributed by atoms with Crippen molar-refractivity contribution in [3.05, 3.63) is 89.4 Å². The van der Waals surface area contributed by atoms with E-state index in [1.54, 1.807) is 24.3 Å². The van der Waals surface area contributed by atoms with Crippen molar-refractivity contribution in [1.29, 1.82) is 0 Å². The molecule has 43 heavy (non-hydrogen) atoms. The third-order valence-corrected chi connectivity index (χ3v) is 8.59. The molecule has 1 saturated heterocycles. The predicted molar refractivity (Wildman–Crippen MR) is 152 cm³/mol. The smallest absolute Gasteiger partial charge is 0.356 e. The van der Waals surface area contributed by atoms with Crippen molar-refractivity contribution in [1.82, 2.24) is 14.1 Å². The molecule has 0 atom stereocenters. The number of nitrogens with one attached hydrogen (secondary N) is 1. The van der Waals surface area contributed by atoms with E-state index < -0.39 is 27.7 Å². The molecule has 4 aromatic rings. The van der Waals surface area contributed by atoms with E-state index in [1.165, 1.54) is 54.7 Å². The van der Waals surface area contributed by atoms with E-state index in [9.17, 15) is 27.5 Å². The number of aromatic nitrogens is 2. The van der Waals surface area contributed by atoms with E-state index in [2.05, 4.69) is 10.4 Å². The average molecular weight is 611 g/mol. The number of ether oxygens (including phenoxy) is 3. The van der Waals surface area contributed by atoms with Gasteiger partial charge in [-0.1, -0.05) is 6.07 Å². The van der Waals surface area contributed by atoms with Gasteiger partial charge in [0.15, 0.2) is 5.69 Å². The summed E-state index contributed by atoms with van der Waals surface area (Å²) < 4.78 is 60.7. The van der Waals surface area contributed by atoms with Gasteiger partial charge in [0.2, 0.25) is 15.9 Å². The number of anilines is 1. The Morgan fingerprint density at radius 3 is 2.42 bits per heavy atom. The highest BCUT2D eigenvalue weighted by Gasteiger charge is 2.32. The van der Waals surface area contributed by atoms with Crippen molar-refractivity contribution >= 4 is 27.6 Å². The number of hydrogen-bond acceptors (Lipinski definition) is 8. The fraction of sp³-hybridized carbons (Fsp3) is 0.207.